The molecule has 1 spiro atoms. The summed E-state index contributed by atoms with van der Waals surface area (Å²) in [6.07, 6.45) is 5.22. The first kappa shape index (κ1) is 12.4. The Labute approximate surface area is 115 Å². The van der Waals surface area contributed by atoms with Crippen molar-refractivity contribution in [1.29, 1.82) is 0 Å². The minimum Gasteiger partial charge on any atom is -0.478 e. The Morgan fingerprint density at radius 3 is 2.94 bits per heavy atom. The fourth-order valence-corrected chi connectivity index (χ4v) is 6.56. The van der Waals surface area contributed by atoms with Gasteiger partial charge in [-0.1, -0.05) is 6.42 Å². The Morgan fingerprint density at radius 2 is 2.22 bits per heavy atom. The molecule has 1 saturated heterocycles. The summed E-state index contributed by atoms with van der Waals surface area (Å²) in [5.74, 6) is 1.96. The lowest BCUT2D eigenvalue weighted by Gasteiger charge is -2.29. The molecular formula is C13H15NO2S2. The average Bonchev–Trinajstić information content (AvgIpc) is 3.01. The molecular weight excluding hydrogens is 266 g/mol. The lowest BCUT2D eigenvalue weighted by Crippen LogP contribution is -2.22. The van der Waals surface area contributed by atoms with Crippen molar-refractivity contribution in [2.24, 2.45) is 0 Å². The average molecular weight is 281 g/mol. The first-order valence-electron chi connectivity index (χ1n) is 6.18. The van der Waals surface area contributed by atoms with Gasteiger partial charge in [0.15, 0.2) is 0 Å². The number of nitrogens with zero attached hydrogens (tertiary/aromatic N) is 1. The molecule has 1 aromatic heterocycles. The van der Waals surface area contributed by atoms with Gasteiger partial charge in [0.05, 0.1) is 9.64 Å². The van der Waals surface area contributed by atoms with E-state index >= 15 is 0 Å². The van der Waals surface area contributed by atoms with E-state index in [1.807, 2.05) is 23.5 Å². The van der Waals surface area contributed by atoms with Crippen LogP contribution in [0.15, 0.2) is 18.3 Å². The van der Waals surface area contributed by atoms with Crippen LogP contribution in [0, 0.1) is 0 Å². The van der Waals surface area contributed by atoms with Crippen LogP contribution in [0.1, 0.15) is 41.2 Å². The van der Waals surface area contributed by atoms with Crippen LogP contribution in [0.3, 0.4) is 0 Å². The maximum Gasteiger partial charge on any atom is 0.335 e. The molecule has 1 aliphatic carbocycles. The van der Waals surface area contributed by atoms with Gasteiger partial charge in [-0.2, -0.15) is 0 Å². The van der Waals surface area contributed by atoms with Gasteiger partial charge in [-0.3, -0.25) is 4.98 Å². The van der Waals surface area contributed by atoms with Crippen molar-refractivity contribution in [3.8, 4) is 0 Å². The topological polar surface area (TPSA) is 50.2 Å². The highest BCUT2D eigenvalue weighted by Crippen LogP contribution is 2.60. The molecule has 1 N–H and O–H groups in total. The van der Waals surface area contributed by atoms with Crippen LogP contribution in [-0.2, 0) is 0 Å². The molecule has 3 nitrogen and oxygen atoms in total. The number of carboxylic acids is 1. The largest absolute Gasteiger partial charge is 0.478 e. The van der Waals surface area contributed by atoms with Gasteiger partial charge < -0.3 is 5.11 Å². The molecule has 96 valence electrons. The maximum atomic E-state index is 11.0. The van der Waals surface area contributed by atoms with Crippen molar-refractivity contribution in [3.63, 3.8) is 0 Å². The molecule has 5 heteroatoms. The first-order valence-corrected chi connectivity index (χ1v) is 8.15. The molecule has 2 heterocycles. The van der Waals surface area contributed by atoms with Crippen LogP contribution in [0.5, 0.6) is 0 Å². The highest BCUT2D eigenvalue weighted by molar-refractivity contribution is 8.21. The Hall–Kier alpha value is -0.680. The van der Waals surface area contributed by atoms with E-state index in [4.69, 9.17) is 5.11 Å². The van der Waals surface area contributed by atoms with Crippen molar-refractivity contribution in [2.45, 2.75) is 29.3 Å². The second-order valence-corrected chi connectivity index (χ2v) is 7.84. The summed E-state index contributed by atoms with van der Waals surface area (Å²) in [5.41, 5.74) is 1.32. The molecule has 0 aromatic carbocycles. The van der Waals surface area contributed by atoms with Crippen molar-refractivity contribution >= 4 is 29.5 Å². The second kappa shape index (κ2) is 4.78. The van der Waals surface area contributed by atoms with Gasteiger partial charge in [0.1, 0.15) is 0 Å². The molecule has 0 radical (unpaired) electrons. The number of pyridine rings is 1. The lowest BCUT2D eigenvalue weighted by molar-refractivity contribution is 0.0696. The standard InChI is InChI=1S/C13H15NO2S2/c15-12(16)9-3-5-14-11(8-9)10-2-1-4-13(10)17-6-7-18-13/h3,5,8,10H,1-2,4,6-7H2,(H,15,16)/t10-/m1/s1. The van der Waals surface area contributed by atoms with Gasteiger partial charge in [0.2, 0.25) is 0 Å². The van der Waals surface area contributed by atoms with Gasteiger partial charge in [0, 0.05) is 29.3 Å². The molecule has 3 rings (SSSR count). The molecule has 1 aromatic rings. The van der Waals surface area contributed by atoms with E-state index < -0.39 is 5.97 Å². The number of aromatic nitrogens is 1. The summed E-state index contributed by atoms with van der Waals surface area (Å²) in [7, 11) is 0. The van der Waals surface area contributed by atoms with Gasteiger partial charge >= 0.3 is 5.97 Å². The number of carbonyl (C=O) groups is 1. The zero-order chi connectivity index (χ0) is 12.6. The highest BCUT2D eigenvalue weighted by atomic mass is 32.2. The Kier molecular flexibility index (Phi) is 3.28. The smallest absolute Gasteiger partial charge is 0.335 e. The normalized spacial score (nSPS) is 25.7. The Balaban J connectivity index is 1.94. The van der Waals surface area contributed by atoms with E-state index in [9.17, 15) is 4.79 Å². The van der Waals surface area contributed by atoms with Gasteiger partial charge in [-0.25, -0.2) is 4.79 Å². The number of rotatable bonds is 2. The fraction of sp³-hybridized carbons (Fsp3) is 0.538. The number of hydrogen-bond donors (Lipinski definition) is 1. The number of thioether (sulfide) groups is 2. The predicted octanol–water partition coefficient (Wildman–Crippen LogP) is 3.22. The monoisotopic (exact) mass is 281 g/mol. The minimum atomic E-state index is -0.863. The van der Waals surface area contributed by atoms with E-state index in [0.29, 0.717) is 11.5 Å². The van der Waals surface area contributed by atoms with Gasteiger partial charge in [-0.15, -0.1) is 23.5 Å². The second-order valence-electron chi connectivity index (χ2n) is 4.73. The van der Waals surface area contributed by atoms with Crippen molar-refractivity contribution in [2.75, 3.05) is 11.5 Å². The predicted molar refractivity (Wildman–Crippen MR) is 75.4 cm³/mol. The van der Waals surface area contributed by atoms with E-state index in [1.54, 1.807) is 18.3 Å². The van der Waals surface area contributed by atoms with E-state index in [-0.39, 0.29) is 4.08 Å². The molecule has 0 bridgehead atoms. The number of carboxylic acid groups (broad SMARTS) is 1. The third-order valence-corrected chi connectivity index (χ3v) is 7.45. The van der Waals surface area contributed by atoms with E-state index in [0.717, 1.165) is 12.1 Å². The van der Waals surface area contributed by atoms with Crippen molar-refractivity contribution in [1.82, 2.24) is 4.98 Å². The molecule has 1 aliphatic heterocycles. The van der Waals surface area contributed by atoms with Crippen LogP contribution < -0.4 is 0 Å². The quantitative estimate of drug-likeness (QED) is 0.902. The fourth-order valence-electron chi connectivity index (χ4n) is 2.91. The van der Waals surface area contributed by atoms with Gasteiger partial charge in [0.25, 0.3) is 0 Å². The van der Waals surface area contributed by atoms with Gasteiger partial charge in [-0.05, 0) is 25.0 Å². The summed E-state index contributed by atoms with van der Waals surface area (Å²) in [5, 5.41) is 9.07. The summed E-state index contributed by atoms with van der Waals surface area (Å²) in [4.78, 5) is 15.5. The van der Waals surface area contributed by atoms with Crippen LogP contribution in [-0.4, -0.2) is 31.6 Å². The summed E-state index contributed by atoms with van der Waals surface area (Å²) >= 11 is 4.09. The van der Waals surface area contributed by atoms with Crippen LogP contribution in [0.25, 0.3) is 0 Å². The third-order valence-electron chi connectivity index (χ3n) is 3.71. The Morgan fingerprint density at radius 1 is 1.44 bits per heavy atom. The number of hydrogen-bond acceptors (Lipinski definition) is 4. The maximum absolute atomic E-state index is 11.0. The van der Waals surface area contributed by atoms with Crippen LogP contribution in [0.2, 0.25) is 0 Å². The molecule has 0 unspecified atom stereocenters. The Bertz CT molecular complexity index is 466. The van der Waals surface area contributed by atoms with E-state index in [2.05, 4.69) is 4.98 Å². The van der Waals surface area contributed by atoms with E-state index in [1.165, 1.54) is 24.3 Å². The van der Waals surface area contributed by atoms with Crippen LogP contribution in [0.4, 0.5) is 0 Å². The molecule has 1 saturated carbocycles. The van der Waals surface area contributed by atoms with Crippen molar-refractivity contribution < 1.29 is 9.90 Å². The SMILES string of the molecule is O=C(O)c1ccnc([C@H]2CCCC23SCCS3)c1. The molecule has 0 amide bonds. The van der Waals surface area contributed by atoms with Crippen LogP contribution >= 0.6 is 23.5 Å². The zero-order valence-corrected chi connectivity index (χ0v) is 11.6. The molecule has 2 fully saturated rings. The first-order chi connectivity index (χ1) is 8.71. The zero-order valence-electron chi connectivity index (χ0n) is 9.96. The summed E-state index contributed by atoms with van der Waals surface area (Å²) in [6.45, 7) is 0. The molecule has 1 atom stereocenters. The third kappa shape index (κ3) is 2.03. The minimum absolute atomic E-state index is 0.268. The number of aromatic carboxylic acids is 1. The molecule has 2 aliphatic rings. The highest BCUT2D eigenvalue weighted by Gasteiger charge is 2.47. The lowest BCUT2D eigenvalue weighted by atomic mass is 10.0. The van der Waals surface area contributed by atoms with Crippen molar-refractivity contribution in [3.05, 3.63) is 29.6 Å². The molecule has 18 heavy (non-hydrogen) atoms. The summed E-state index contributed by atoms with van der Waals surface area (Å²) in [6, 6.07) is 3.34. The summed E-state index contributed by atoms with van der Waals surface area (Å²) < 4.78 is 0.268.